The summed E-state index contributed by atoms with van der Waals surface area (Å²) in [4.78, 5) is 17.1. The molecular weight excluding hydrogens is 400 g/mol. The zero-order valence-electron chi connectivity index (χ0n) is 18.5. The van der Waals surface area contributed by atoms with Crippen molar-refractivity contribution in [3.05, 3.63) is 107 Å². The van der Waals surface area contributed by atoms with E-state index in [0.717, 1.165) is 22.6 Å². The quantitative estimate of drug-likeness (QED) is 0.407. The number of aromatic nitrogens is 1. The van der Waals surface area contributed by atoms with Gasteiger partial charge in [-0.3, -0.25) is 4.79 Å². The highest BCUT2D eigenvalue weighted by molar-refractivity contribution is 5.94. The summed E-state index contributed by atoms with van der Waals surface area (Å²) in [5.74, 6) is 1.90. The Bertz CT molecular complexity index is 1210. The third kappa shape index (κ3) is 5.24. The Kier molecular flexibility index (Phi) is 6.36. The standard InChI is InChI=1S/C27H26N2O3/c1-18-7-13-24(14-8-18)31-17-25-20(3)32-27(29-25)23-11-9-22(10-12-23)26(30)28-16-21-6-4-5-19(2)15-21/h4-15H,16-17H2,1-3H3,(H,28,30). The highest BCUT2D eigenvalue weighted by Gasteiger charge is 2.13. The molecule has 1 amide bonds. The third-order valence-electron chi connectivity index (χ3n) is 5.22. The fourth-order valence-corrected chi connectivity index (χ4v) is 3.34. The van der Waals surface area contributed by atoms with Crippen molar-refractivity contribution in [1.82, 2.24) is 10.3 Å². The zero-order valence-corrected chi connectivity index (χ0v) is 18.5. The molecule has 0 saturated heterocycles. The first-order valence-electron chi connectivity index (χ1n) is 10.6. The van der Waals surface area contributed by atoms with Crippen LogP contribution in [0.25, 0.3) is 11.5 Å². The van der Waals surface area contributed by atoms with Gasteiger partial charge >= 0.3 is 0 Å². The lowest BCUT2D eigenvalue weighted by atomic mass is 10.1. The number of nitrogens with zero attached hydrogens (tertiary/aromatic N) is 1. The van der Waals surface area contributed by atoms with E-state index in [1.54, 1.807) is 12.1 Å². The monoisotopic (exact) mass is 426 g/mol. The number of nitrogens with one attached hydrogen (secondary N) is 1. The van der Waals surface area contributed by atoms with Crippen molar-refractivity contribution in [2.75, 3.05) is 0 Å². The van der Waals surface area contributed by atoms with Gasteiger partial charge in [-0.05, 0) is 62.7 Å². The number of hydrogen-bond acceptors (Lipinski definition) is 4. The normalized spacial score (nSPS) is 10.7. The number of aryl methyl sites for hydroxylation is 3. The van der Waals surface area contributed by atoms with Gasteiger partial charge in [0.15, 0.2) is 0 Å². The molecule has 0 unspecified atom stereocenters. The van der Waals surface area contributed by atoms with Crippen molar-refractivity contribution >= 4 is 5.91 Å². The maximum absolute atomic E-state index is 12.5. The van der Waals surface area contributed by atoms with Crippen LogP contribution >= 0.6 is 0 Å². The fourth-order valence-electron chi connectivity index (χ4n) is 3.34. The van der Waals surface area contributed by atoms with Crippen molar-refractivity contribution in [3.8, 4) is 17.2 Å². The van der Waals surface area contributed by atoms with Crippen LogP contribution in [0.2, 0.25) is 0 Å². The Balaban J connectivity index is 1.38. The maximum atomic E-state index is 12.5. The number of benzene rings is 3. The largest absolute Gasteiger partial charge is 0.487 e. The van der Waals surface area contributed by atoms with Crippen molar-refractivity contribution in [2.45, 2.75) is 33.9 Å². The molecule has 0 aliphatic rings. The molecular formula is C27H26N2O3. The van der Waals surface area contributed by atoms with Gasteiger partial charge in [0, 0.05) is 17.7 Å². The van der Waals surface area contributed by atoms with Crippen LogP contribution in [0.1, 0.15) is 38.5 Å². The molecule has 0 aliphatic carbocycles. The van der Waals surface area contributed by atoms with Crippen LogP contribution in [-0.2, 0) is 13.2 Å². The fraction of sp³-hybridized carbons (Fsp3) is 0.185. The Morgan fingerprint density at radius 1 is 0.938 bits per heavy atom. The molecule has 5 heteroatoms. The number of amides is 1. The molecule has 1 aromatic heterocycles. The lowest BCUT2D eigenvalue weighted by molar-refractivity contribution is 0.0951. The second-order valence-electron chi connectivity index (χ2n) is 7.87. The van der Waals surface area contributed by atoms with Crippen LogP contribution in [0.5, 0.6) is 5.75 Å². The van der Waals surface area contributed by atoms with Gasteiger partial charge in [0.05, 0.1) is 0 Å². The van der Waals surface area contributed by atoms with Crippen LogP contribution in [0.15, 0.2) is 77.2 Å². The minimum absolute atomic E-state index is 0.117. The third-order valence-corrected chi connectivity index (χ3v) is 5.22. The van der Waals surface area contributed by atoms with E-state index in [4.69, 9.17) is 9.15 Å². The minimum Gasteiger partial charge on any atom is -0.487 e. The van der Waals surface area contributed by atoms with Crippen LogP contribution in [0.4, 0.5) is 0 Å². The molecule has 0 saturated carbocycles. The first-order chi connectivity index (χ1) is 15.5. The van der Waals surface area contributed by atoms with Gasteiger partial charge in [-0.15, -0.1) is 0 Å². The van der Waals surface area contributed by atoms with Crippen LogP contribution < -0.4 is 10.1 Å². The van der Waals surface area contributed by atoms with E-state index >= 15 is 0 Å². The van der Waals surface area contributed by atoms with Gasteiger partial charge in [-0.25, -0.2) is 4.98 Å². The molecule has 32 heavy (non-hydrogen) atoms. The Morgan fingerprint density at radius 2 is 1.69 bits per heavy atom. The van der Waals surface area contributed by atoms with E-state index in [2.05, 4.69) is 16.4 Å². The molecule has 4 aromatic rings. The van der Waals surface area contributed by atoms with Crippen molar-refractivity contribution in [2.24, 2.45) is 0 Å². The summed E-state index contributed by atoms with van der Waals surface area (Å²) in [7, 11) is 0. The van der Waals surface area contributed by atoms with Gasteiger partial charge in [-0.2, -0.15) is 0 Å². The maximum Gasteiger partial charge on any atom is 0.251 e. The number of carbonyl (C=O) groups excluding carboxylic acids is 1. The summed E-state index contributed by atoms with van der Waals surface area (Å²) >= 11 is 0. The molecule has 1 heterocycles. The molecule has 5 nitrogen and oxygen atoms in total. The summed E-state index contributed by atoms with van der Waals surface area (Å²) in [6.45, 7) is 6.77. The number of carbonyl (C=O) groups is 1. The molecule has 3 aromatic carbocycles. The minimum atomic E-state index is -0.117. The molecule has 0 bridgehead atoms. The molecule has 4 rings (SSSR count). The van der Waals surface area contributed by atoms with Gasteiger partial charge in [0.1, 0.15) is 23.8 Å². The van der Waals surface area contributed by atoms with Crippen molar-refractivity contribution in [3.63, 3.8) is 0 Å². The Labute approximate surface area is 188 Å². The van der Waals surface area contributed by atoms with Crippen molar-refractivity contribution < 1.29 is 13.9 Å². The summed E-state index contributed by atoms with van der Waals surface area (Å²) in [5, 5.41) is 2.96. The van der Waals surface area contributed by atoms with Crippen LogP contribution in [0.3, 0.4) is 0 Å². The molecule has 0 spiro atoms. The van der Waals surface area contributed by atoms with Gasteiger partial charge < -0.3 is 14.5 Å². The number of hydrogen-bond donors (Lipinski definition) is 1. The topological polar surface area (TPSA) is 64.4 Å². The molecule has 0 aliphatic heterocycles. The summed E-state index contributed by atoms with van der Waals surface area (Å²) < 4.78 is 11.7. The number of ether oxygens (including phenoxy) is 1. The van der Waals surface area contributed by atoms with E-state index in [9.17, 15) is 4.79 Å². The summed E-state index contributed by atoms with van der Waals surface area (Å²) in [6, 6.07) is 23.2. The van der Waals surface area contributed by atoms with E-state index in [1.807, 2.05) is 75.4 Å². The first kappa shape index (κ1) is 21.4. The van der Waals surface area contributed by atoms with Crippen molar-refractivity contribution in [1.29, 1.82) is 0 Å². The first-order valence-corrected chi connectivity index (χ1v) is 10.6. The lowest BCUT2D eigenvalue weighted by Gasteiger charge is -2.06. The summed E-state index contributed by atoms with van der Waals surface area (Å²) in [5.41, 5.74) is 5.58. The second kappa shape index (κ2) is 9.52. The highest BCUT2D eigenvalue weighted by atomic mass is 16.5. The van der Waals surface area contributed by atoms with E-state index in [-0.39, 0.29) is 5.91 Å². The predicted octanol–water partition coefficient (Wildman–Crippen LogP) is 5.78. The predicted molar refractivity (Wildman–Crippen MR) is 125 cm³/mol. The summed E-state index contributed by atoms with van der Waals surface area (Å²) in [6.07, 6.45) is 0. The van der Waals surface area contributed by atoms with Crippen LogP contribution in [0, 0.1) is 20.8 Å². The SMILES string of the molecule is Cc1ccc(OCc2nc(-c3ccc(C(=O)NCc4cccc(C)c4)cc3)oc2C)cc1. The van der Waals surface area contributed by atoms with Gasteiger partial charge in [0.2, 0.25) is 5.89 Å². The zero-order chi connectivity index (χ0) is 22.5. The van der Waals surface area contributed by atoms with E-state index in [1.165, 1.54) is 11.1 Å². The van der Waals surface area contributed by atoms with Crippen LogP contribution in [-0.4, -0.2) is 10.9 Å². The lowest BCUT2D eigenvalue weighted by Crippen LogP contribution is -2.22. The molecule has 0 fully saturated rings. The second-order valence-corrected chi connectivity index (χ2v) is 7.87. The van der Waals surface area contributed by atoms with E-state index in [0.29, 0.717) is 30.4 Å². The number of rotatable bonds is 7. The molecule has 162 valence electrons. The van der Waals surface area contributed by atoms with Gasteiger partial charge in [-0.1, -0.05) is 47.5 Å². The molecule has 0 radical (unpaired) electrons. The smallest absolute Gasteiger partial charge is 0.251 e. The highest BCUT2D eigenvalue weighted by Crippen LogP contribution is 2.23. The average molecular weight is 427 g/mol. The average Bonchev–Trinajstić information content (AvgIpc) is 3.18. The molecule has 0 atom stereocenters. The Hall–Kier alpha value is -3.86. The Morgan fingerprint density at radius 3 is 2.41 bits per heavy atom. The molecule has 1 N–H and O–H groups in total. The van der Waals surface area contributed by atoms with Gasteiger partial charge in [0.25, 0.3) is 5.91 Å². The van der Waals surface area contributed by atoms with E-state index < -0.39 is 0 Å². The number of oxazole rings is 1.